The number of hydrogen-bond donors (Lipinski definition) is 4. The summed E-state index contributed by atoms with van der Waals surface area (Å²) in [6.45, 7) is 3.01. The fourth-order valence-electron chi connectivity index (χ4n) is 9.35. The van der Waals surface area contributed by atoms with Gasteiger partial charge in [-0.3, -0.25) is 19.2 Å². The SMILES string of the molecule is Brc1ccc2c3ccc(Br)cc3c3[nH]c(-c4c5ccccc5cc5ccccc45)nc3c2c1.C.CC(=O)O.CCO.N.O=C1C(=O)c2cc(Br)ccc2-c2ccc(Br)cc21.O=Cc1c2ccccc2cc2ccccc12. The fourth-order valence-corrected chi connectivity index (χ4v) is 10.8. The highest BCUT2D eigenvalue weighted by Gasteiger charge is 2.30. The molecule has 0 fully saturated rings. The number of aldehydes is 1. The number of nitrogens with zero attached hydrogens (tertiary/aromatic N) is 1. The van der Waals surface area contributed by atoms with E-state index in [1.54, 1.807) is 19.1 Å². The number of aromatic amines is 1. The molecule has 11 aromatic carbocycles. The molecule has 1 aliphatic rings. The number of aromatic nitrogens is 2. The van der Waals surface area contributed by atoms with Gasteiger partial charge >= 0.3 is 0 Å². The van der Waals surface area contributed by atoms with Gasteiger partial charge in [0, 0.05) is 64.4 Å². The number of nitrogens with one attached hydrogen (secondary N) is 1. The van der Waals surface area contributed by atoms with Gasteiger partial charge in [-0.1, -0.05) is 192 Å². The average Bonchev–Trinajstić information content (AvgIpc) is 3.91. The number of rotatable bonds is 2. The van der Waals surface area contributed by atoms with E-state index in [9.17, 15) is 14.4 Å². The van der Waals surface area contributed by atoms with E-state index in [0.29, 0.717) is 11.1 Å². The first-order valence-corrected chi connectivity index (χ1v) is 26.4. The molecular weight excluding hydrogens is 1210 g/mol. The molecule has 0 saturated carbocycles. The van der Waals surface area contributed by atoms with Gasteiger partial charge in [-0.15, -0.1) is 0 Å². The fraction of sp³-hybridized carbons (Fsp3) is 0.0635. The lowest BCUT2D eigenvalue weighted by molar-refractivity contribution is -0.134. The van der Waals surface area contributed by atoms with Crippen LogP contribution in [0, 0.1) is 0 Å². The van der Waals surface area contributed by atoms with Crippen LogP contribution in [0.15, 0.2) is 200 Å². The summed E-state index contributed by atoms with van der Waals surface area (Å²) in [4.78, 5) is 53.3. The van der Waals surface area contributed by atoms with E-state index < -0.39 is 17.5 Å². The van der Waals surface area contributed by atoms with Crippen molar-refractivity contribution < 1.29 is 29.4 Å². The van der Waals surface area contributed by atoms with Crippen molar-refractivity contribution in [3.05, 3.63) is 217 Å². The molecule has 0 spiro atoms. The Morgan fingerprint density at radius 1 is 0.513 bits per heavy atom. The second kappa shape index (κ2) is 24.6. The van der Waals surface area contributed by atoms with E-state index in [4.69, 9.17) is 20.0 Å². The minimum Gasteiger partial charge on any atom is -0.481 e. The number of H-pyrrole nitrogens is 1. The molecule has 13 heteroatoms. The summed E-state index contributed by atoms with van der Waals surface area (Å²) in [7, 11) is 0. The molecule has 1 aliphatic carbocycles. The Morgan fingerprint density at radius 3 is 1.30 bits per heavy atom. The molecule has 0 radical (unpaired) electrons. The summed E-state index contributed by atoms with van der Waals surface area (Å²) < 4.78 is 3.69. The van der Waals surface area contributed by atoms with Crippen molar-refractivity contribution in [2.75, 3.05) is 6.61 Å². The molecule has 0 saturated heterocycles. The van der Waals surface area contributed by atoms with Crippen molar-refractivity contribution in [3.63, 3.8) is 0 Å². The molecule has 0 aliphatic heterocycles. The molecule has 0 bridgehead atoms. The molecule has 0 unspecified atom stereocenters. The molecule has 1 heterocycles. The van der Waals surface area contributed by atoms with E-state index in [2.05, 4.69) is 166 Å². The van der Waals surface area contributed by atoms with Crippen molar-refractivity contribution in [2.24, 2.45) is 0 Å². The van der Waals surface area contributed by atoms with Gasteiger partial charge < -0.3 is 21.3 Å². The Hall–Kier alpha value is -7.23. The molecule has 1 aromatic heterocycles. The Balaban J connectivity index is 0.000000166. The predicted molar refractivity (Wildman–Crippen MR) is 328 cm³/mol. The number of Topliss-reactive ketones (excluding diaryl/α,β-unsaturated/α-hetero) is 2. The Bertz CT molecular complexity index is 3960. The van der Waals surface area contributed by atoms with Crippen LogP contribution in [0.1, 0.15) is 52.3 Å². The maximum atomic E-state index is 12.1. The lowest BCUT2D eigenvalue weighted by Gasteiger charge is -2.18. The average molecular weight is 1260 g/mol. The highest BCUT2D eigenvalue weighted by Crippen LogP contribution is 2.41. The van der Waals surface area contributed by atoms with Crippen molar-refractivity contribution in [1.29, 1.82) is 0 Å². The molecule has 13 rings (SSSR count). The van der Waals surface area contributed by atoms with Gasteiger partial charge in [0.2, 0.25) is 11.6 Å². The first kappa shape index (κ1) is 56.5. The lowest BCUT2D eigenvalue weighted by atomic mass is 9.84. The van der Waals surface area contributed by atoms with Crippen LogP contribution in [0.25, 0.3) is 98.2 Å². The third-order valence-electron chi connectivity index (χ3n) is 12.4. The molecule has 12 aromatic rings. The van der Waals surface area contributed by atoms with Crippen LogP contribution in [-0.4, -0.2) is 50.6 Å². The number of fused-ring (bicyclic) bond motifs is 13. The quantitative estimate of drug-likeness (QED) is 0.0573. The molecule has 6 N–H and O–H groups in total. The number of aliphatic carboxylic acids is 1. The first-order chi connectivity index (χ1) is 35.8. The van der Waals surface area contributed by atoms with E-state index >= 15 is 0 Å². The topological polar surface area (TPSA) is 172 Å². The summed E-state index contributed by atoms with van der Waals surface area (Å²) in [6, 6.07) is 61.2. The third-order valence-corrected chi connectivity index (χ3v) is 14.3. The van der Waals surface area contributed by atoms with Gasteiger partial charge in [-0.05, 0) is 133 Å². The number of carbonyl (C=O) groups is 4. The Labute approximate surface area is 472 Å². The zero-order valence-corrected chi connectivity index (χ0v) is 46.6. The van der Waals surface area contributed by atoms with Gasteiger partial charge in [0.05, 0.1) is 11.0 Å². The normalized spacial score (nSPS) is 11.1. The maximum absolute atomic E-state index is 12.1. The summed E-state index contributed by atoms with van der Waals surface area (Å²) in [5, 5.41) is 28.8. The predicted octanol–water partition coefficient (Wildman–Crippen LogP) is 18.3. The zero-order chi connectivity index (χ0) is 52.2. The molecular formula is C63H49Br4N3O6. The van der Waals surface area contributed by atoms with E-state index in [-0.39, 0.29) is 20.2 Å². The summed E-state index contributed by atoms with van der Waals surface area (Å²) in [6.07, 6.45) is 0.949. The number of carboxylic acid groups (broad SMARTS) is 1. The number of aliphatic hydroxyl groups is 1. The molecule has 380 valence electrons. The van der Waals surface area contributed by atoms with Crippen molar-refractivity contribution in [2.45, 2.75) is 21.3 Å². The van der Waals surface area contributed by atoms with Crippen LogP contribution in [0.3, 0.4) is 0 Å². The molecule has 9 nitrogen and oxygen atoms in total. The van der Waals surface area contributed by atoms with Crippen LogP contribution in [-0.2, 0) is 4.79 Å². The van der Waals surface area contributed by atoms with Crippen LogP contribution < -0.4 is 6.15 Å². The van der Waals surface area contributed by atoms with Crippen molar-refractivity contribution in [3.8, 4) is 22.5 Å². The van der Waals surface area contributed by atoms with Gasteiger partial charge in [0.25, 0.3) is 5.97 Å². The standard InChI is InChI=1S/C29H16Br2N2.C15H10O.C14H6Br2O2.C2H4O2.C2H6O.CH4.H3N/c30-18-9-11-22-23-12-10-19(31)15-25(23)28-27(24(22)14-18)32-29(33-28)26-20-7-3-1-5-16(20)13-17-6-2-4-8-21(17)26;16-10-15-13-7-3-1-5-11(13)9-12-6-2-4-8-14(12)15;15-7-1-3-9-10-4-2-8(16)6-12(10)14(18)13(17)11(9)5-7;1-2(3)4;1-2-3;;/h1-15H,(H,32,33);1-10H;1-6H;1H3,(H,3,4);3H,2H2,1H3;1H4;1H3. The Morgan fingerprint density at radius 2 is 0.868 bits per heavy atom. The second-order valence-corrected chi connectivity index (χ2v) is 20.8. The Kier molecular flexibility index (Phi) is 18.3. The highest BCUT2D eigenvalue weighted by molar-refractivity contribution is 9.11. The largest absolute Gasteiger partial charge is 0.481 e. The number of carboxylic acids is 1. The van der Waals surface area contributed by atoms with Gasteiger partial charge in [-0.2, -0.15) is 0 Å². The van der Waals surface area contributed by atoms with E-state index in [1.807, 2.05) is 72.8 Å². The highest BCUT2D eigenvalue weighted by atomic mass is 79.9. The molecule has 0 atom stereocenters. The number of aliphatic hydroxyl groups excluding tert-OH is 1. The van der Waals surface area contributed by atoms with Crippen LogP contribution >= 0.6 is 63.7 Å². The summed E-state index contributed by atoms with van der Waals surface area (Å²) in [5.41, 5.74) is 6.52. The number of benzene rings is 11. The van der Waals surface area contributed by atoms with Gasteiger partial charge in [-0.25, -0.2) is 4.98 Å². The monoisotopic (exact) mass is 1260 g/mol. The molecule has 76 heavy (non-hydrogen) atoms. The lowest BCUT2D eigenvalue weighted by Crippen LogP contribution is -2.21. The molecule has 0 amide bonds. The first-order valence-electron chi connectivity index (χ1n) is 23.3. The minimum absolute atomic E-state index is 0. The summed E-state index contributed by atoms with van der Waals surface area (Å²) in [5.74, 6) is -0.833. The summed E-state index contributed by atoms with van der Waals surface area (Å²) >= 11 is 14.0. The van der Waals surface area contributed by atoms with Crippen LogP contribution in [0.5, 0.6) is 0 Å². The zero-order valence-electron chi connectivity index (χ0n) is 40.3. The number of halogens is 4. The van der Waals surface area contributed by atoms with Gasteiger partial charge in [0.15, 0.2) is 6.29 Å². The number of carbonyl (C=O) groups excluding carboxylic acids is 3. The number of hydrogen-bond acceptors (Lipinski definition) is 7. The number of imidazole rings is 1. The maximum Gasteiger partial charge on any atom is 0.300 e. The van der Waals surface area contributed by atoms with E-state index in [0.717, 1.165) is 103 Å². The van der Waals surface area contributed by atoms with Crippen molar-refractivity contribution >= 4 is 163 Å². The smallest absolute Gasteiger partial charge is 0.300 e. The van der Waals surface area contributed by atoms with Crippen LogP contribution in [0.2, 0.25) is 0 Å². The third kappa shape index (κ3) is 11.5. The second-order valence-electron chi connectivity index (χ2n) is 17.1. The minimum atomic E-state index is -0.833. The number of ketones is 2. The van der Waals surface area contributed by atoms with Crippen molar-refractivity contribution in [1.82, 2.24) is 16.1 Å². The van der Waals surface area contributed by atoms with Crippen LogP contribution in [0.4, 0.5) is 0 Å². The van der Waals surface area contributed by atoms with Gasteiger partial charge in [0.1, 0.15) is 5.82 Å². The van der Waals surface area contributed by atoms with E-state index in [1.165, 1.54) is 32.3 Å².